The number of rotatable bonds is 2. The molecular formula is C15H23N3O4. The summed E-state index contributed by atoms with van der Waals surface area (Å²) in [5, 5.41) is 5.11. The number of aromatic nitrogens is 1. The molecule has 0 unspecified atom stereocenters. The van der Waals surface area contributed by atoms with E-state index in [1.54, 1.807) is 47.6 Å². The molecule has 0 aliphatic carbocycles. The number of nitrogens with zero attached hydrogens (tertiary/aromatic N) is 1. The summed E-state index contributed by atoms with van der Waals surface area (Å²) < 4.78 is 10.3. The highest BCUT2D eigenvalue weighted by molar-refractivity contribution is 5.94. The number of ether oxygens (including phenoxy) is 2. The molecule has 7 nitrogen and oxygen atoms in total. The van der Waals surface area contributed by atoms with E-state index in [2.05, 4.69) is 15.6 Å². The summed E-state index contributed by atoms with van der Waals surface area (Å²) >= 11 is 0. The molecular weight excluding hydrogens is 286 g/mol. The van der Waals surface area contributed by atoms with Crippen molar-refractivity contribution in [1.82, 2.24) is 4.98 Å². The van der Waals surface area contributed by atoms with Crippen molar-refractivity contribution < 1.29 is 19.1 Å². The van der Waals surface area contributed by atoms with Crippen LogP contribution in [-0.2, 0) is 9.47 Å². The lowest BCUT2D eigenvalue weighted by atomic mass is 10.2. The largest absolute Gasteiger partial charge is 0.444 e. The molecule has 1 aromatic rings. The Bertz CT molecular complexity index is 495. The summed E-state index contributed by atoms with van der Waals surface area (Å²) in [4.78, 5) is 27.5. The van der Waals surface area contributed by atoms with Gasteiger partial charge in [-0.3, -0.25) is 15.6 Å². The van der Waals surface area contributed by atoms with Gasteiger partial charge in [-0.1, -0.05) is 0 Å². The number of amides is 2. The van der Waals surface area contributed by atoms with Crippen molar-refractivity contribution in [2.75, 3.05) is 10.6 Å². The van der Waals surface area contributed by atoms with Crippen molar-refractivity contribution >= 4 is 23.6 Å². The molecule has 1 aromatic heterocycles. The summed E-state index contributed by atoms with van der Waals surface area (Å²) in [7, 11) is 0. The minimum Gasteiger partial charge on any atom is -0.444 e. The molecule has 0 aliphatic heterocycles. The van der Waals surface area contributed by atoms with Crippen LogP contribution >= 0.6 is 0 Å². The van der Waals surface area contributed by atoms with Crippen molar-refractivity contribution in [2.24, 2.45) is 0 Å². The van der Waals surface area contributed by atoms with Gasteiger partial charge in [0.2, 0.25) is 0 Å². The molecule has 1 rings (SSSR count). The zero-order valence-electron chi connectivity index (χ0n) is 13.8. The lowest BCUT2D eigenvalue weighted by Gasteiger charge is -2.21. The maximum Gasteiger partial charge on any atom is 0.412 e. The van der Waals surface area contributed by atoms with E-state index in [1.165, 1.54) is 12.4 Å². The van der Waals surface area contributed by atoms with Gasteiger partial charge < -0.3 is 9.47 Å². The second-order valence-corrected chi connectivity index (χ2v) is 6.68. The van der Waals surface area contributed by atoms with Crippen LogP contribution in [0.4, 0.5) is 21.0 Å². The highest BCUT2D eigenvalue weighted by atomic mass is 16.6. The normalized spacial score (nSPS) is 11.5. The SMILES string of the molecule is CC(C)(C)OC(=O)Nc1ccncc1NC(=O)OC(C)(C)C. The van der Waals surface area contributed by atoms with Gasteiger partial charge >= 0.3 is 12.2 Å². The smallest absolute Gasteiger partial charge is 0.412 e. The topological polar surface area (TPSA) is 89.5 Å². The lowest BCUT2D eigenvalue weighted by molar-refractivity contribution is 0.0620. The number of carbonyl (C=O) groups is 2. The summed E-state index contributed by atoms with van der Waals surface area (Å²) in [6.07, 6.45) is 1.66. The molecule has 7 heteroatoms. The van der Waals surface area contributed by atoms with E-state index >= 15 is 0 Å². The number of hydrogen-bond acceptors (Lipinski definition) is 5. The van der Waals surface area contributed by atoms with Crippen LogP contribution in [0.5, 0.6) is 0 Å². The molecule has 0 bridgehead atoms. The summed E-state index contributed by atoms with van der Waals surface area (Å²) in [6.45, 7) is 10.6. The zero-order chi connectivity index (χ0) is 17.0. The van der Waals surface area contributed by atoms with E-state index in [1.807, 2.05) is 0 Å². The van der Waals surface area contributed by atoms with Crippen molar-refractivity contribution in [3.05, 3.63) is 18.5 Å². The van der Waals surface area contributed by atoms with Crippen LogP contribution in [0, 0.1) is 0 Å². The van der Waals surface area contributed by atoms with Gasteiger partial charge in [-0.15, -0.1) is 0 Å². The minimum absolute atomic E-state index is 0.322. The van der Waals surface area contributed by atoms with Crippen molar-refractivity contribution in [3.63, 3.8) is 0 Å². The number of anilines is 2. The molecule has 1 heterocycles. The number of nitrogens with one attached hydrogen (secondary N) is 2. The Morgan fingerprint density at radius 2 is 1.36 bits per heavy atom. The van der Waals surface area contributed by atoms with Gasteiger partial charge in [0.05, 0.1) is 17.6 Å². The second-order valence-electron chi connectivity index (χ2n) is 6.68. The third-order valence-electron chi connectivity index (χ3n) is 2.09. The second kappa shape index (κ2) is 6.64. The molecule has 0 fully saturated rings. The molecule has 0 atom stereocenters. The third kappa shape index (κ3) is 6.92. The molecule has 0 aromatic carbocycles. The maximum atomic E-state index is 11.8. The average Bonchev–Trinajstić information content (AvgIpc) is 2.26. The fourth-order valence-corrected chi connectivity index (χ4v) is 1.43. The molecule has 0 radical (unpaired) electrons. The first-order chi connectivity index (χ1) is 9.96. The summed E-state index contributed by atoms with van der Waals surface area (Å²) in [5.74, 6) is 0. The van der Waals surface area contributed by atoms with Crippen LogP contribution in [0.25, 0.3) is 0 Å². The van der Waals surface area contributed by atoms with Crippen molar-refractivity contribution in [3.8, 4) is 0 Å². The Balaban J connectivity index is 2.78. The Labute approximate surface area is 130 Å². The lowest BCUT2D eigenvalue weighted by Crippen LogP contribution is -2.29. The van der Waals surface area contributed by atoms with Crippen LogP contribution < -0.4 is 10.6 Å². The number of hydrogen-bond donors (Lipinski definition) is 2. The van der Waals surface area contributed by atoms with E-state index in [4.69, 9.17) is 9.47 Å². The molecule has 0 spiro atoms. The summed E-state index contributed by atoms with van der Waals surface area (Å²) in [6, 6.07) is 1.55. The standard InChI is InChI=1S/C15H23N3O4/c1-14(2,3)21-12(19)17-10-7-8-16-9-11(10)18-13(20)22-15(4,5)6/h7-9H,1-6H3,(H,18,20)(H,16,17,19). The van der Waals surface area contributed by atoms with E-state index in [0.29, 0.717) is 11.4 Å². The van der Waals surface area contributed by atoms with Crippen LogP contribution in [0.2, 0.25) is 0 Å². The van der Waals surface area contributed by atoms with Crippen LogP contribution in [0.1, 0.15) is 41.5 Å². The third-order valence-corrected chi connectivity index (χ3v) is 2.09. The van der Waals surface area contributed by atoms with Gasteiger partial charge in [0, 0.05) is 6.20 Å². The van der Waals surface area contributed by atoms with E-state index in [-0.39, 0.29) is 0 Å². The molecule has 22 heavy (non-hydrogen) atoms. The van der Waals surface area contributed by atoms with Gasteiger partial charge in [0.15, 0.2) is 0 Å². The van der Waals surface area contributed by atoms with Crippen molar-refractivity contribution in [1.29, 1.82) is 0 Å². The predicted molar refractivity (Wildman–Crippen MR) is 84.0 cm³/mol. The average molecular weight is 309 g/mol. The first kappa shape index (κ1) is 17.7. The Kier molecular flexibility index (Phi) is 5.35. The highest BCUT2D eigenvalue weighted by Crippen LogP contribution is 2.21. The maximum absolute atomic E-state index is 11.8. The number of pyridine rings is 1. The van der Waals surface area contributed by atoms with Gasteiger partial charge in [-0.05, 0) is 47.6 Å². The van der Waals surface area contributed by atoms with E-state index < -0.39 is 23.4 Å². The Morgan fingerprint density at radius 1 is 0.909 bits per heavy atom. The summed E-state index contributed by atoms with van der Waals surface area (Å²) in [5.41, 5.74) is -0.543. The van der Waals surface area contributed by atoms with Crippen LogP contribution in [0.3, 0.4) is 0 Å². The highest BCUT2D eigenvalue weighted by Gasteiger charge is 2.19. The van der Waals surface area contributed by atoms with Gasteiger partial charge in [-0.25, -0.2) is 9.59 Å². The van der Waals surface area contributed by atoms with Crippen LogP contribution in [0.15, 0.2) is 18.5 Å². The van der Waals surface area contributed by atoms with Crippen LogP contribution in [-0.4, -0.2) is 28.4 Å². The minimum atomic E-state index is -0.632. The Morgan fingerprint density at radius 3 is 1.82 bits per heavy atom. The molecule has 2 amide bonds. The van der Waals surface area contributed by atoms with E-state index in [0.717, 1.165) is 0 Å². The molecule has 0 aliphatic rings. The van der Waals surface area contributed by atoms with Crippen molar-refractivity contribution in [2.45, 2.75) is 52.7 Å². The Hall–Kier alpha value is -2.31. The first-order valence-corrected chi connectivity index (χ1v) is 6.90. The molecule has 122 valence electrons. The number of carbonyl (C=O) groups excluding carboxylic acids is 2. The quantitative estimate of drug-likeness (QED) is 0.867. The predicted octanol–water partition coefficient (Wildman–Crippen LogP) is 3.78. The first-order valence-electron chi connectivity index (χ1n) is 6.90. The molecule has 0 saturated carbocycles. The zero-order valence-corrected chi connectivity index (χ0v) is 13.8. The van der Waals surface area contributed by atoms with Gasteiger partial charge in [0.25, 0.3) is 0 Å². The fourth-order valence-electron chi connectivity index (χ4n) is 1.43. The molecule has 0 saturated heterocycles. The van der Waals surface area contributed by atoms with Gasteiger partial charge in [-0.2, -0.15) is 0 Å². The monoisotopic (exact) mass is 309 g/mol. The fraction of sp³-hybridized carbons (Fsp3) is 0.533. The molecule has 2 N–H and O–H groups in total. The van der Waals surface area contributed by atoms with Gasteiger partial charge in [0.1, 0.15) is 11.2 Å². The van der Waals surface area contributed by atoms with E-state index in [9.17, 15) is 9.59 Å².